The molecule has 82 valence electrons. The molecular weight excluding hydrogens is 180 g/mol. The monoisotopic (exact) mass is 200 g/mol. The molecule has 0 aromatic rings. The largest absolute Gasteiger partial charge is 0.376 e. The molecule has 2 N–H and O–H groups in total. The lowest BCUT2D eigenvalue weighted by Gasteiger charge is -2.27. The average molecular weight is 200 g/mol. The first-order valence-electron chi connectivity index (χ1n) is 5.60. The van der Waals surface area contributed by atoms with Gasteiger partial charge in [0.15, 0.2) is 0 Å². The minimum Gasteiger partial charge on any atom is -0.376 e. The fraction of sp³-hybridized carbons (Fsp3) is 1.00. The molecule has 0 aliphatic carbocycles. The highest BCUT2D eigenvalue weighted by molar-refractivity contribution is 4.72. The van der Waals surface area contributed by atoms with Gasteiger partial charge in [0, 0.05) is 26.2 Å². The Hall–Kier alpha value is -0.160. The maximum absolute atomic E-state index is 5.63. The Morgan fingerprint density at radius 2 is 1.36 bits per heavy atom. The van der Waals surface area contributed by atoms with Crippen molar-refractivity contribution in [1.82, 2.24) is 10.6 Å². The predicted octanol–water partition coefficient (Wildman–Crippen LogP) is -0.257. The molecule has 2 aliphatic heterocycles. The molecule has 2 atom stereocenters. The van der Waals surface area contributed by atoms with Crippen LogP contribution in [-0.2, 0) is 9.47 Å². The first-order chi connectivity index (χ1) is 6.95. The lowest BCUT2D eigenvalue weighted by Crippen LogP contribution is -2.41. The molecular formula is C10H20N2O2. The van der Waals surface area contributed by atoms with E-state index in [0.717, 1.165) is 52.2 Å². The molecule has 2 unspecified atom stereocenters. The van der Waals surface area contributed by atoms with Gasteiger partial charge in [0.05, 0.1) is 25.4 Å². The number of hydrogen-bond donors (Lipinski definition) is 2. The van der Waals surface area contributed by atoms with E-state index in [1.165, 1.54) is 0 Å². The van der Waals surface area contributed by atoms with Gasteiger partial charge in [0.25, 0.3) is 0 Å². The summed E-state index contributed by atoms with van der Waals surface area (Å²) in [7, 11) is 0. The van der Waals surface area contributed by atoms with E-state index in [0.29, 0.717) is 12.2 Å². The van der Waals surface area contributed by atoms with Crippen molar-refractivity contribution in [2.45, 2.75) is 25.0 Å². The van der Waals surface area contributed by atoms with E-state index in [2.05, 4.69) is 10.6 Å². The summed E-state index contributed by atoms with van der Waals surface area (Å²) in [6, 6.07) is 0. The van der Waals surface area contributed by atoms with Crippen LogP contribution in [-0.4, -0.2) is 51.6 Å². The second kappa shape index (κ2) is 5.66. The summed E-state index contributed by atoms with van der Waals surface area (Å²) >= 11 is 0. The molecule has 4 nitrogen and oxygen atoms in total. The number of ether oxygens (including phenoxy) is 2. The van der Waals surface area contributed by atoms with Crippen LogP contribution in [0.5, 0.6) is 0 Å². The van der Waals surface area contributed by atoms with Crippen LogP contribution in [0, 0.1) is 0 Å². The second-order valence-electron chi connectivity index (χ2n) is 3.97. The van der Waals surface area contributed by atoms with Crippen LogP contribution in [0.2, 0.25) is 0 Å². The molecule has 14 heavy (non-hydrogen) atoms. The van der Waals surface area contributed by atoms with Crippen molar-refractivity contribution in [2.24, 2.45) is 0 Å². The molecule has 0 aromatic heterocycles. The Labute approximate surface area is 85.3 Å². The molecule has 0 saturated carbocycles. The summed E-state index contributed by atoms with van der Waals surface area (Å²) in [6.45, 7) is 5.71. The predicted molar refractivity (Wildman–Crippen MR) is 54.5 cm³/mol. The van der Waals surface area contributed by atoms with Crippen LogP contribution in [0.1, 0.15) is 12.8 Å². The van der Waals surface area contributed by atoms with Gasteiger partial charge in [-0.05, 0) is 12.8 Å². The molecule has 0 aromatic carbocycles. The van der Waals surface area contributed by atoms with Crippen molar-refractivity contribution in [2.75, 3.05) is 39.4 Å². The van der Waals surface area contributed by atoms with Crippen molar-refractivity contribution >= 4 is 0 Å². The highest BCUT2D eigenvalue weighted by Gasteiger charge is 2.18. The molecule has 0 bridgehead atoms. The average Bonchev–Trinajstić information content (AvgIpc) is 2.29. The Morgan fingerprint density at radius 1 is 0.857 bits per heavy atom. The van der Waals surface area contributed by atoms with E-state index in [9.17, 15) is 0 Å². The Kier molecular flexibility index (Phi) is 4.19. The van der Waals surface area contributed by atoms with Gasteiger partial charge in [0.1, 0.15) is 0 Å². The molecule has 0 amide bonds. The SMILES string of the molecule is C1COC(CCC2CNCCO2)CN1. The molecule has 2 aliphatic rings. The molecule has 0 spiro atoms. The van der Waals surface area contributed by atoms with Crippen molar-refractivity contribution in [3.05, 3.63) is 0 Å². The van der Waals surface area contributed by atoms with Crippen LogP contribution >= 0.6 is 0 Å². The van der Waals surface area contributed by atoms with Gasteiger partial charge in [0.2, 0.25) is 0 Å². The van der Waals surface area contributed by atoms with Crippen LogP contribution in [0.15, 0.2) is 0 Å². The topological polar surface area (TPSA) is 42.5 Å². The van der Waals surface area contributed by atoms with Gasteiger partial charge in [-0.15, -0.1) is 0 Å². The molecule has 2 fully saturated rings. The van der Waals surface area contributed by atoms with Gasteiger partial charge >= 0.3 is 0 Å². The third kappa shape index (κ3) is 3.20. The van der Waals surface area contributed by atoms with Gasteiger partial charge in [-0.1, -0.05) is 0 Å². The first kappa shape index (κ1) is 10.4. The first-order valence-corrected chi connectivity index (χ1v) is 5.60. The van der Waals surface area contributed by atoms with E-state index >= 15 is 0 Å². The number of rotatable bonds is 3. The zero-order valence-corrected chi connectivity index (χ0v) is 8.63. The molecule has 0 radical (unpaired) electrons. The highest BCUT2D eigenvalue weighted by Crippen LogP contribution is 2.10. The summed E-state index contributed by atoms with van der Waals surface area (Å²) in [5.41, 5.74) is 0. The lowest BCUT2D eigenvalue weighted by molar-refractivity contribution is -0.00999. The zero-order valence-electron chi connectivity index (χ0n) is 8.63. The number of hydrogen-bond acceptors (Lipinski definition) is 4. The van der Waals surface area contributed by atoms with Crippen LogP contribution < -0.4 is 10.6 Å². The summed E-state index contributed by atoms with van der Waals surface area (Å²) < 4.78 is 11.3. The molecule has 2 rings (SSSR count). The Morgan fingerprint density at radius 3 is 1.71 bits per heavy atom. The zero-order chi connectivity index (χ0) is 9.64. The standard InChI is InChI=1S/C10H20N2O2/c1(9-7-11-3-5-13-9)2-10-8-12-4-6-14-10/h9-12H,1-8H2. The number of morpholine rings is 2. The van der Waals surface area contributed by atoms with E-state index in [4.69, 9.17) is 9.47 Å². The quantitative estimate of drug-likeness (QED) is 0.659. The Balaban J connectivity index is 1.60. The maximum atomic E-state index is 5.63. The van der Waals surface area contributed by atoms with Crippen LogP contribution in [0.4, 0.5) is 0 Å². The van der Waals surface area contributed by atoms with E-state index in [1.54, 1.807) is 0 Å². The Bertz CT molecular complexity index is 136. The molecule has 4 heteroatoms. The van der Waals surface area contributed by atoms with Crippen molar-refractivity contribution in [3.8, 4) is 0 Å². The summed E-state index contributed by atoms with van der Waals surface area (Å²) in [5.74, 6) is 0. The van der Waals surface area contributed by atoms with E-state index in [1.807, 2.05) is 0 Å². The number of nitrogens with one attached hydrogen (secondary N) is 2. The van der Waals surface area contributed by atoms with Crippen molar-refractivity contribution in [1.29, 1.82) is 0 Å². The van der Waals surface area contributed by atoms with Crippen molar-refractivity contribution < 1.29 is 9.47 Å². The smallest absolute Gasteiger partial charge is 0.0701 e. The fourth-order valence-electron chi connectivity index (χ4n) is 1.98. The highest BCUT2D eigenvalue weighted by atomic mass is 16.5. The van der Waals surface area contributed by atoms with Gasteiger partial charge in [-0.2, -0.15) is 0 Å². The third-order valence-corrected chi connectivity index (χ3v) is 2.82. The lowest BCUT2D eigenvalue weighted by atomic mass is 10.1. The maximum Gasteiger partial charge on any atom is 0.0701 e. The third-order valence-electron chi connectivity index (χ3n) is 2.82. The minimum absolute atomic E-state index is 0.397. The summed E-state index contributed by atoms with van der Waals surface area (Å²) in [6.07, 6.45) is 3.02. The minimum atomic E-state index is 0.397. The van der Waals surface area contributed by atoms with Gasteiger partial charge in [-0.3, -0.25) is 0 Å². The van der Waals surface area contributed by atoms with Gasteiger partial charge in [-0.25, -0.2) is 0 Å². The molecule has 2 heterocycles. The second-order valence-corrected chi connectivity index (χ2v) is 3.97. The van der Waals surface area contributed by atoms with Crippen LogP contribution in [0.3, 0.4) is 0 Å². The van der Waals surface area contributed by atoms with Crippen molar-refractivity contribution in [3.63, 3.8) is 0 Å². The summed E-state index contributed by atoms with van der Waals surface area (Å²) in [4.78, 5) is 0. The van der Waals surface area contributed by atoms with E-state index < -0.39 is 0 Å². The fourth-order valence-corrected chi connectivity index (χ4v) is 1.98. The normalized spacial score (nSPS) is 34.3. The van der Waals surface area contributed by atoms with Crippen LogP contribution in [0.25, 0.3) is 0 Å². The summed E-state index contributed by atoms with van der Waals surface area (Å²) in [5, 5.41) is 6.68. The van der Waals surface area contributed by atoms with Gasteiger partial charge < -0.3 is 20.1 Å². The molecule has 2 saturated heterocycles. The van der Waals surface area contributed by atoms with E-state index in [-0.39, 0.29) is 0 Å².